The number of carbonyl (C=O) groups excluding carboxylic acids is 1. The minimum Gasteiger partial charge on any atom is -0.324 e. The van der Waals surface area contributed by atoms with Gasteiger partial charge in [0, 0.05) is 31.1 Å². The maximum absolute atomic E-state index is 13.0. The van der Waals surface area contributed by atoms with Crippen LogP contribution in [0.4, 0.5) is 5.69 Å². The Balaban J connectivity index is 1.47. The summed E-state index contributed by atoms with van der Waals surface area (Å²) < 4.78 is 2.27. The normalized spacial score (nSPS) is 16.5. The third-order valence-corrected chi connectivity index (χ3v) is 6.24. The molecule has 4 nitrogen and oxygen atoms in total. The largest absolute Gasteiger partial charge is 0.324 e. The van der Waals surface area contributed by atoms with Gasteiger partial charge < -0.3 is 9.47 Å². The minimum absolute atomic E-state index is 0.0740. The molecule has 1 aromatic heterocycles. The molecule has 0 unspecified atom stereocenters. The van der Waals surface area contributed by atoms with Crippen molar-refractivity contribution >= 4 is 28.7 Å². The number of hydrogen-bond donors (Lipinski definition) is 0. The van der Waals surface area contributed by atoms with Crippen LogP contribution in [0.2, 0.25) is 0 Å². The van der Waals surface area contributed by atoms with Gasteiger partial charge in [0.25, 0.3) is 0 Å². The Labute approximate surface area is 188 Å². The Hall–Kier alpha value is -3.66. The number of aromatic nitrogens is 2. The van der Waals surface area contributed by atoms with E-state index in [0.717, 1.165) is 35.5 Å². The van der Waals surface area contributed by atoms with Crippen molar-refractivity contribution in [2.45, 2.75) is 32.2 Å². The predicted molar refractivity (Wildman–Crippen MR) is 131 cm³/mol. The number of para-hydroxylation sites is 3. The summed E-state index contributed by atoms with van der Waals surface area (Å²) in [6.45, 7) is 3.53. The molecular formula is C28H27N3O. The number of amides is 1. The number of anilines is 1. The van der Waals surface area contributed by atoms with Gasteiger partial charge in [0.05, 0.1) is 11.0 Å². The van der Waals surface area contributed by atoms with Crippen molar-refractivity contribution in [3.63, 3.8) is 0 Å². The molecule has 1 saturated heterocycles. The molecule has 0 N–H and O–H groups in total. The molecule has 4 aromatic rings. The first-order valence-electron chi connectivity index (χ1n) is 11.3. The number of allylic oxidation sites excluding steroid dienone is 1. The molecule has 3 aromatic carbocycles. The fraction of sp³-hybridized carbons (Fsp3) is 0.214. The van der Waals surface area contributed by atoms with Crippen molar-refractivity contribution in [1.82, 2.24) is 9.55 Å². The number of rotatable bonds is 6. The van der Waals surface area contributed by atoms with Gasteiger partial charge in [0.15, 0.2) is 0 Å². The van der Waals surface area contributed by atoms with Gasteiger partial charge in [-0.05, 0) is 35.7 Å². The molecule has 1 fully saturated rings. The van der Waals surface area contributed by atoms with Gasteiger partial charge >= 0.3 is 0 Å². The summed E-state index contributed by atoms with van der Waals surface area (Å²) in [5, 5.41) is 0. The van der Waals surface area contributed by atoms with Crippen LogP contribution in [-0.4, -0.2) is 22.0 Å². The molecule has 0 spiro atoms. The monoisotopic (exact) mass is 421 g/mol. The average Bonchev–Trinajstić information content (AvgIpc) is 3.40. The Morgan fingerprint density at radius 2 is 1.72 bits per heavy atom. The minimum atomic E-state index is 0.0740. The zero-order valence-electron chi connectivity index (χ0n) is 18.3. The fourth-order valence-electron chi connectivity index (χ4n) is 4.64. The van der Waals surface area contributed by atoms with E-state index >= 15 is 0 Å². The van der Waals surface area contributed by atoms with E-state index in [1.165, 1.54) is 11.1 Å². The van der Waals surface area contributed by atoms with Crippen molar-refractivity contribution in [3.8, 4) is 0 Å². The number of carbonyl (C=O) groups is 1. The Kier molecular flexibility index (Phi) is 5.59. The first kappa shape index (κ1) is 20.3. The zero-order valence-corrected chi connectivity index (χ0v) is 18.3. The van der Waals surface area contributed by atoms with Crippen LogP contribution >= 0.6 is 0 Å². The van der Waals surface area contributed by atoms with E-state index in [-0.39, 0.29) is 11.8 Å². The van der Waals surface area contributed by atoms with Gasteiger partial charge in [-0.15, -0.1) is 0 Å². The first-order chi connectivity index (χ1) is 15.7. The van der Waals surface area contributed by atoms with Gasteiger partial charge in [-0.3, -0.25) is 4.79 Å². The molecule has 0 aliphatic carbocycles. The van der Waals surface area contributed by atoms with Gasteiger partial charge in [-0.1, -0.05) is 79.7 Å². The maximum Gasteiger partial charge on any atom is 0.227 e. The predicted octanol–water partition coefficient (Wildman–Crippen LogP) is 5.83. The molecule has 2 heterocycles. The molecule has 0 bridgehead atoms. The number of imidazole rings is 1. The van der Waals surface area contributed by atoms with Crippen molar-refractivity contribution in [3.05, 3.63) is 102 Å². The number of nitrogens with zero attached hydrogens (tertiary/aromatic N) is 3. The summed E-state index contributed by atoms with van der Waals surface area (Å²) in [6.07, 6.45) is 5.72. The topological polar surface area (TPSA) is 38.1 Å². The number of fused-ring (bicyclic) bond motifs is 1. The molecule has 4 heteroatoms. The molecule has 1 atom stereocenters. The number of hydrogen-bond acceptors (Lipinski definition) is 2. The molecule has 0 radical (unpaired) electrons. The van der Waals surface area contributed by atoms with E-state index in [9.17, 15) is 4.79 Å². The molecule has 1 amide bonds. The number of benzene rings is 3. The number of aryl methyl sites for hydroxylation is 1. The van der Waals surface area contributed by atoms with Gasteiger partial charge in [0.2, 0.25) is 5.91 Å². The smallest absolute Gasteiger partial charge is 0.227 e. The summed E-state index contributed by atoms with van der Waals surface area (Å²) >= 11 is 0. The van der Waals surface area contributed by atoms with Crippen LogP contribution in [0.3, 0.4) is 0 Å². The van der Waals surface area contributed by atoms with Gasteiger partial charge in [-0.25, -0.2) is 4.98 Å². The summed E-state index contributed by atoms with van der Waals surface area (Å²) in [5.41, 5.74) is 5.52. The second-order valence-corrected chi connectivity index (χ2v) is 8.27. The summed E-state index contributed by atoms with van der Waals surface area (Å²) in [4.78, 5) is 20.0. The van der Waals surface area contributed by atoms with E-state index < -0.39 is 0 Å². The van der Waals surface area contributed by atoms with Crippen LogP contribution in [0, 0.1) is 0 Å². The Morgan fingerprint density at radius 1 is 0.969 bits per heavy atom. The third kappa shape index (κ3) is 3.84. The van der Waals surface area contributed by atoms with Gasteiger partial charge in [0.1, 0.15) is 5.82 Å². The molecule has 0 saturated carbocycles. The summed E-state index contributed by atoms with van der Waals surface area (Å²) in [7, 11) is 0. The molecular weight excluding hydrogens is 394 g/mol. The highest BCUT2D eigenvalue weighted by molar-refractivity contribution is 5.97. The molecule has 32 heavy (non-hydrogen) atoms. The average molecular weight is 422 g/mol. The summed E-state index contributed by atoms with van der Waals surface area (Å²) in [5.74, 6) is 1.24. The summed E-state index contributed by atoms with van der Waals surface area (Å²) in [6, 6.07) is 26.8. The zero-order chi connectivity index (χ0) is 21.9. The highest BCUT2D eigenvalue weighted by Crippen LogP contribution is 2.34. The Morgan fingerprint density at radius 3 is 2.56 bits per heavy atom. The van der Waals surface area contributed by atoms with Crippen LogP contribution in [-0.2, 0) is 17.8 Å². The van der Waals surface area contributed by atoms with Crippen molar-refractivity contribution < 1.29 is 4.79 Å². The molecule has 1 aliphatic heterocycles. The molecule has 5 rings (SSSR count). The second-order valence-electron chi connectivity index (χ2n) is 8.27. The first-order valence-corrected chi connectivity index (χ1v) is 11.3. The highest BCUT2D eigenvalue weighted by atomic mass is 16.2. The van der Waals surface area contributed by atoms with Crippen LogP contribution in [0.5, 0.6) is 0 Å². The quantitative estimate of drug-likeness (QED) is 0.393. The lowest BCUT2D eigenvalue weighted by Gasteiger charge is -2.20. The van der Waals surface area contributed by atoms with Crippen molar-refractivity contribution in [2.24, 2.45) is 0 Å². The van der Waals surface area contributed by atoms with Crippen LogP contribution in [0.15, 0.2) is 84.9 Å². The van der Waals surface area contributed by atoms with Crippen LogP contribution < -0.4 is 4.90 Å². The molecule has 160 valence electrons. The highest BCUT2D eigenvalue weighted by Gasteiger charge is 2.35. The maximum atomic E-state index is 13.0. The van der Waals surface area contributed by atoms with E-state index in [1.807, 2.05) is 41.3 Å². The van der Waals surface area contributed by atoms with Crippen LogP contribution in [0.1, 0.15) is 36.2 Å². The van der Waals surface area contributed by atoms with E-state index in [4.69, 9.17) is 4.98 Å². The Bertz CT molecular complexity index is 1270. The van der Waals surface area contributed by atoms with E-state index in [0.29, 0.717) is 13.0 Å². The third-order valence-electron chi connectivity index (χ3n) is 6.24. The van der Waals surface area contributed by atoms with Crippen molar-refractivity contribution in [1.29, 1.82) is 0 Å². The van der Waals surface area contributed by atoms with E-state index in [2.05, 4.69) is 66.1 Å². The fourth-order valence-corrected chi connectivity index (χ4v) is 4.64. The van der Waals surface area contributed by atoms with E-state index in [1.54, 1.807) is 0 Å². The lowest BCUT2D eigenvalue weighted by atomic mass is 10.1. The lowest BCUT2D eigenvalue weighted by molar-refractivity contribution is -0.117. The van der Waals surface area contributed by atoms with Crippen LogP contribution in [0.25, 0.3) is 17.1 Å². The van der Waals surface area contributed by atoms with Gasteiger partial charge in [-0.2, -0.15) is 0 Å². The standard InChI is InChI=1S/C28H27N3O/c1-2-22-14-6-8-16-25(22)31-20-23(19-27(31)32)28-29-24-15-7-9-17-26(24)30(28)18-10-13-21-11-4-3-5-12-21/h3-17,23H,2,18-20H2,1H3/b13-10+/t23-/m0/s1. The van der Waals surface area contributed by atoms with Crippen molar-refractivity contribution in [2.75, 3.05) is 11.4 Å². The molecule has 1 aliphatic rings. The second kappa shape index (κ2) is 8.83. The lowest BCUT2D eigenvalue weighted by Crippen LogP contribution is -2.25. The SMILES string of the molecule is CCc1ccccc1N1C[C@@H](c2nc3ccccc3n2C/C=C/c2ccccc2)CC1=O.